The van der Waals surface area contributed by atoms with Gasteiger partial charge in [0.05, 0.1) is 15.0 Å². The Morgan fingerprint density at radius 2 is 1.97 bits per heavy atom. The lowest BCUT2D eigenvalue weighted by molar-refractivity contribution is -0.384. The summed E-state index contributed by atoms with van der Waals surface area (Å²) < 4.78 is 5.69. The molecule has 1 aromatic heterocycles. The fraction of sp³-hybridized carbons (Fsp3) is 0.0476. The molecule has 10 heteroatoms. The summed E-state index contributed by atoms with van der Waals surface area (Å²) in [6.45, 7) is 1.69. The van der Waals surface area contributed by atoms with Crippen LogP contribution in [0, 0.1) is 17.0 Å². The second-order valence-corrected chi connectivity index (χ2v) is 7.53. The zero-order valence-electron chi connectivity index (χ0n) is 16.0. The predicted molar refractivity (Wildman–Crippen MR) is 125 cm³/mol. The standard InChI is InChI=1S/C21H15Cl2N3O4S/c1-12-11-13(26(28)29)5-8-17(12)24-21(31)25-19(27)10-7-14-6-9-18(30-14)15-3-2-4-16(22)20(15)23/h2-11H,1H3,(H2,24,25,27,31). The Morgan fingerprint density at radius 1 is 1.19 bits per heavy atom. The van der Waals surface area contributed by atoms with Crippen LogP contribution in [0.5, 0.6) is 0 Å². The quantitative estimate of drug-likeness (QED) is 0.203. The monoisotopic (exact) mass is 475 g/mol. The Bertz CT molecular complexity index is 1210. The molecule has 31 heavy (non-hydrogen) atoms. The Morgan fingerprint density at radius 3 is 2.68 bits per heavy atom. The molecule has 3 aromatic rings. The molecular weight excluding hydrogens is 461 g/mol. The van der Waals surface area contributed by atoms with Crippen LogP contribution in [0.15, 0.2) is 59.0 Å². The van der Waals surface area contributed by atoms with Gasteiger partial charge in [-0.3, -0.25) is 20.2 Å². The summed E-state index contributed by atoms with van der Waals surface area (Å²) in [5, 5.41) is 17.0. The van der Waals surface area contributed by atoms with Crippen molar-refractivity contribution in [3.63, 3.8) is 0 Å². The number of thiocarbonyl (C=S) groups is 1. The van der Waals surface area contributed by atoms with Gasteiger partial charge in [-0.2, -0.15) is 0 Å². The minimum atomic E-state index is -0.484. The average molecular weight is 476 g/mol. The molecule has 0 fully saturated rings. The van der Waals surface area contributed by atoms with Crippen molar-refractivity contribution in [2.24, 2.45) is 0 Å². The highest BCUT2D eigenvalue weighted by Crippen LogP contribution is 2.34. The van der Waals surface area contributed by atoms with Crippen LogP contribution in [0.2, 0.25) is 10.0 Å². The number of halogens is 2. The van der Waals surface area contributed by atoms with Crippen LogP contribution in [0.25, 0.3) is 17.4 Å². The number of aryl methyl sites for hydroxylation is 1. The number of furan rings is 1. The number of anilines is 1. The minimum absolute atomic E-state index is 0.0298. The van der Waals surface area contributed by atoms with Gasteiger partial charge in [-0.15, -0.1) is 0 Å². The molecule has 158 valence electrons. The van der Waals surface area contributed by atoms with Crippen LogP contribution < -0.4 is 10.6 Å². The molecule has 0 aliphatic rings. The summed E-state index contributed by atoms with van der Waals surface area (Å²) in [5.41, 5.74) is 1.78. The first-order valence-corrected chi connectivity index (χ1v) is 10.0. The van der Waals surface area contributed by atoms with E-state index in [1.807, 2.05) is 0 Å². The lowest BCUT2D eigenvalue weighted by Crippen LogP contribution is -2.33. The third-order valence-electron chi connectivity index (χ3n) is 4.15. The maximum atomic E-state index is 12.1. The molecule has 0 unspecified atom stereocenters. The van der Waals surface area contributed by atoms with Gasteiger partial charge in [-0.05, 0) is 61.1 Å². The van der Waals surface area contributed by atoms with Crippen molar-refractivity contribution in [3.8, 4) is 11.3 Å². The zero-order valence-corrected chi connectivity index (χ0v) is 18.3. The van der Waals surface area contributed by atoms with Crippen LogP contribution >= 0.6 is 35.4 Å². The Hall–Kier alpha value is -3.20. The lowest BCUT2D eigenvalue weighted by Gasteiger charge is -2.10. The smallest absolute Gasteiger partial charge is 0.269 e. The molecule has 0 spiro atoms. The molecule has 2 N–H and O–H groups in total. The van der Waals surface area contributed by atoms with E-state index < -0.39 is 10.8 Å². The number of non-ortho nitro benzene ring substituents is 1. The molecule has 2 aromatic carbocycles. The maximum Gasteiger partial charge on any atom is 0.269 e. The van der Waals surface area contributed by atoms with Gasteiger partial charge in [-0.25, -0.2) is 0 Å². The van der Waals surface area contributed by atoms with Crippen molar-refractivity contribution >= 4 is 63.9 Å². The second kappa shape index (κ2) is 9.74. The van der Waals surface area contributed by atoms with E-state index in [9.17, 15) is 14.9 Å². The molecule has 0 saturated carbocycles. The van der Waals surface area contributed by atoms with Crippen molar-refractivity contribution in [1.82, 2.24) is 5.32 Å². The zero-order chi connectivity index (χ0) is 22.5. The number of nitro benzene ring substituents is 1. The molecule has 0 saturated heterocycles. The third-order valence-corrected chi connectivity index (χ3v) is 5.17. The molecule has 0 bridgehead atoms. The number of nitro groups is 1. The van der Waals surface area contributed by atoms with Crippen LogP contribution in [-0.4, -0.2) is 15.9 Å². The normalized spacial score (nSPS) is 10.8. The van der Waals surface area contributed by atoms with Gasteiger partial charge >= 0.3 is 0 Å². The molecular formula is C21H15Cl2N3O4S. The van der Waals surface area contributed by atoms with Crippen molar-refractivity contribution in [2.75, 3.05) is 5.32 Å². The predicted octanol–water partition coefficient (Wildman–Crippen LogP) is 6.00. The molecule has 0 aliphatic heterocycles. The molecule has 0 radical (unpaired) electrons. The highest BCUT2D eigenvalue weighted by Gasteiger charge is 2.11. The van der Waals surface area contributed by atoms with Crippen LogP contribution in [0.4, 0.5) is 11.4 Å². The number of amides is 1. The summed E-state index contributed by atoms with van der Waals surface area (Å²) in [6.07, 6.45) is 2.75. The molecule has 0 atom stereocenters. The van der Waals surface area contributed by atoms with Crippen LogP contribution in [-0.2, 0) is 4.79 Å². The maximum absolute atomic E-state index is 12.1. The number of hydrogen-bond donors (Lipinski definition) is 2. The highest BCUT2D eigenvalue weighted by atomic mass is 35.5. The van der Waals surface area contributed by atoms with Crippen LogP contribution in [0.3, 0.4) is 0 Å². The molecule has 0 aliphatic carbocycles. The van der Waals surface area contributed by atoms with Crippen molar-refractivity contribution < 1.29 is 14.1 Å². The first-order valence-electron chi connectivity index (χ1n) is 8.84. The van der Waals surface area contributed by atoms with E-state index in [4.69, 9.17) is 39.8 Å². The van der Waals surface area contributed by atoms with E-state index >= 15 is 0 Å². The van der Waals surface area contributed by atoms with Crippen LogP contribution in [0.1, 0.15) is 11.3 Å². The number of hydrogen-bond acceptors (Lipinski definition) is 5. The molecule has 1 heterocycles. The summed E-state index contributed by atoms with van der Waals surface area (Å²) >= 11 is 17.3. The van der Waals surface area contributed by atoms with Gasteiger partial charge in [0.2, 0.25) is 5.91 Å². The number of nitrogens with one attached hydrogen (secondary N) is 2. The van der Waals surface area contributed by atoms with E-state index in [2.05, 4.69) is 10.6 Å². The minimum Gasteiger partial charge on any atom is -0.457 e. The molecule has 3 rings (SSSR count). The van der Waals surface area contributed by atoms with Gasteiger partial charge < -0.3 is 9.73 Å². The van der Waals surface area contributed by atoms with Gasteiger partial charge in [0.15, 0.2) is 5.11 Å². The molecule has 7 nitrogen and oxygen atoms in total. The van der Waals surface area contributed by atoms with E-state index in [0.29, 0.717) is 38.4 Å². The summed E-state index contributed by atoms with van der Waals surface area (Å²) in [5.74, 6) is 0.473. The van der Waals surface area contributed by atoms with Gasteiger partial charge in [0, 0.05) is 29.5 Å². The third kappa shape index (κ3) is 5.69. The Balaban J connectivity index is 1.61. The number of nitrogens with zero attached hydrogens (tertiary/aromatic N) is 1. The average Bonchev–Trinajstić information content (AvgIpc) is 3.18. The Labute approximate surface area is 192 Å². The SMILES string of the molecule is Cc1cc([N+](=O)[O-])ccc1NC(=S)NC(=O)C=Cc1ccc(-c2cccc(Cl)c2Cl)o1. The largest absolute Gasteiger partial charge is 0.457 e. The van der Waals surface area contributed by atoms with Gasteiger partial charge in [-0.1, -0.05) is 29.3 Å². The number of carbonyl (C=O) groups is 1. The molecule has 1 amide bonds. The topological polar surface area (TPSA) is 97.4 Å². The number of rotatable bonds is 5. The van der Waals surface area contributed by atoms with Gasteiger partial charge in [0.25, 0.3) is 5.69 Å². The van der Waals surface area contributed by atoms with E-state index in [1.165, 1.54) is 30.4 Å². The summed E-state index contributed by atoms with van der Waals surface area (Å²) in [7, 11) is 0. The fourth-order valence-corrected chi connectivity index (χ4v) is 3.25. The first kappa shape index (κ1) is 22.5. The first-order chi connectivity index (χ1) is 14.7. The summed E-state index contributed by atoms with van der Waals surface area (Å²) in [6, 6.07) is 12.9. The van der Waals surface area contributed by atoms with Crippen molar-refractivity contribution in [3.05, 3.63) is 86.1 Å². The highest BCUT2D eigenvalue weighted by molar-refractivity contribution is 7.80. The lowest BCUT2D eigenvalue weighted by atomic mass is 10.2. The Kier molecular flexibility index (Phi) is 7.06. The van der Waals surface area contributed by atoms with E-state index in [0.717, 1.165) is 0 Å². The number of benzene rings is 2. The summed E-state index contributed by atoms with van der Waals surface area (Å²) in [4.78, 5) is 22.5. The van der Waals surface area contributed by atoms with Gasteiger partial charge in [0.1, 0.15) is 11.5 Å². The van der Waals surface area contributed by atoms with E-state index in [1.54, 1.807) is 37.3 Å². The number of carbonyl (C=O) groups excluding carboxylic acids is 1. The van der Waals surface area contributed by atoms with Crippen molar-refractivity contribution in [1.29, 1.82) is 0 Å². The fourth-order valence-electron chi connectivity index (χ4n) is 2.65. The van der Waals surface area contributed by atoms with Crippen molar-refractivity contribution in [2.45, 2.75) is 6.92 Å². The second-order valence-electron chi connectivity index (χ2n) is 6.34. The van der Waals surface area contributed by atoms with E-state index in [-0.39, 0.29) is 10.8 Å².